The second kappa shape index (κ2) is 6.41. The van der Waals surface area contributed by atoms with E-state index in [0.717, 1.165) is 22.3 Å². The lowest BCUT2D eigenvalue weighted by Crippen LogP contribution is -1.98. The summed E-state index contributed by atoms with van der Waals surface area (Å²) < 4.78 is 0. The van der Waals surface area contributed by atoms with Crippen molar-refractivity contribution in [2.24, 2.45) is 11.7 Å². The van der Waals surface area contributed by atoms with Crippen molar-refractivity contribution in [3.63, 3.8) is 0 Å². The number of nitrogens with two attached hydrogens (primary N) is 1. The molecule has 2 N–H and O–H groups in total. The summed E-state index contributed by atoms with van der Waals surface area (Å²) >= 11 is 7.95. The predicted molar refractivity (Wildman–Crippen MR) is 69.5 cm³/mol. The first-order chi connectivity index (χ1) is 7.17. The normalized spacial score (nSPS) is 12.8. The number of hydrogen-bond donors (Lipinski definition) is 1. The van der Waals surface area contributed by atoms with Gasteiger partial charge in [0.2, 0.25) is 0 Å². The molecule has 1 aromatic rings. The lowest BCUT2D eigenvalue weighted by Gasteiger charge is -2.09. The Bertz CT molecular complexity index is 314. The van der Waals surface area contributed by atoms with E-state index >= 15 is 0 Å². The van der Waals surface area contributed by atoms with Crippen molar-refractivity contribution in [1.82, 2.24) is 0 Å². The molecule has 84 valence electrons. The Hall–Kier alpha value is -0.180. The molecule has 0 amide bonds. The van der Waals surface area contributed by atoms with E-state index in [0.29, 0.717) is 6.54 Å². The van der Waals surface area contributed by atoms with Gasteiger partial charge in [0, 0.05) is 22.2 Å². The largest absolute Gasteiger partial charge is 0.326 e. The van der Waals surface area contributed by atoms with Crippen molar-refractivity contribution in [3.8, 4) is 0 Å². The molecule has 15 heavy (non-hydrogen) atoms. The van der Waals surface area contributed by atoms with E-state index in [1.54, 1.807) is 0 Å². The zero-order valence-corrected chi connectivity index (χ0v) is 10.9. The van der Waals surface area contributed by atoms with Gasteiger partial charge < -0.3 is 5.73 Å². The van der Waals surface area contributed by atoms with Crippen molar-refractivity contribution in [3.05, 3.63) is 28.8 Å². The smallest absolute Gasteiger partial charge is 0.0462 e. The quantitative estimate of drug-likeness (QED) is 0.793. The van der Waals surface area contributed by atoms with Gasteiger partial charge in [-0.3, -0.25) is 0 Å². The Labute approximate surface area is 101 Å². The molecule has 0 fully saturated rings. The summed E-state index contributed by atoms with van der Waals surface area (Å²) in [6.45, 7) is 4.99. The average Bonchev–Trinajstić information content (AvgIpc) is 2.26. The summed E-state index contributed by atoms with van der Waals surface area (Å²) in [5.74, 6) is 1.90. The molecule has 0 aliphatic carbocycles. The third-order valence-electron chi connectivity index (χ3n) is 2.48. The first kappa shape index (κ1) is 12.9. The van der Waals surface area contributed by atoms with Gasteiger partial charge in [-0.1, -0.05) is 37.9 Å². The van der Waals surface area contributed by atoms with Crippen LogP contribution in [-0.4, -0.2) is 5.75 Å². The molecule has 1 nitrogen and oxygen atoms in total. The Kier molecular flexibility index (Phi) is 5.51. The first-order valence-electron chi connectivity index (χ1n) is 5.28. The molecule has 1 atom stereocenters. The summed E-state index contributed by atoms with van der Waals surface area (Å²) in [5, 5.41) is 0.784. The van der Waals surface area contributed by atoms with Gasteiger partial charge in [-0.05, 0) is 23.6 Å². The molecular weight excluding hydrogens is 226 g/mol. The Morgan fingerprint density at radius 1 is 1.47 bits per heavy atom. The van der Waals surface area contributed by atoms with Gasteiger partial charge in [-0.15, -0.1) is 11.8 Å². The third-order valence-corrected chi connectivity index (χ3v) is 4.15. The van der Waals surface area contributed by atoms with Crippen molar-refractivity contribution >= 4 is 23.4 Å². The molecule has 0 saturated heterocycles. The molecule has 0 bridgehead atoms. The van der Waals surface area contributed by atoms with Gasteiger partial charge in [0.25, 0.3) is 0 Å². The number of rotatable bonds is 5. The molecule has 0 saturated carbocycles. The fourth-order valence-corrected chi connectivity index (χ4v) is 2.54. The van der Waals surface area contributed by atoms with Crippen LogP contribution in [0.4, 0.5) is 0 Å². The molecule has 1 aromatic carbocycles. The molecular formula is C12H18ClNS. The minimum Gasteiger partial charge on any atom is -0.326 e. The van der Waals surface area contributed by atoms with Crippen LogP contribution in [0.2, 0.25) is 5.02 Å². The van der Waals surface area contributed by atoms with E-state index < -0.39 is 0 Å². The van der Waals surface area contributed by atoms with Crippen LogP contribution < -0.4 is 5.73 Å². The van der Waals surface area contributed by atoms with E-state index in [2.05, 4.69) is 19.9 Å². The van der Waals surface area contributed by atoms with Crippen LogP contribution in [0.25, 0.3) is 0 Å². The monoisotopic (exact) mass is 243 g/mol. The highest BCUT2D eigenvalue weighted by molar-refractivity contribution is 7.99. The highest BCUT2D eigenvalue weighted by Crippen LogP contribution is 2.26. The van der Waals surface area contributed by atoms with Gasteiger partial charge in [-0.25, -0.2) is 0 Å². The van der Waals surface area contributed by atoms with Gasteiger partial charge in [0.1, 0.15) is 0 Å². The Morgan fingerprint density at radius 3 is 2.73 bits per heavy atom. The summed E-state index contributed by atoms with van der Waals surface area (Å²) in [5.41, 5.74) is 6.57. The standard InChI is InChI=1S/C12H18ClNS/c1-3-9(2)8-15-11-5-4-10(7-14)12(13)6-11/h4-6,9H,3,7-8,14H2,1-2H3. The molecule has 0 spiro atoms. The SMILES string of the molecule is CCC(C)CSc1ccc(CN)c(Cl)c1. The maximum Gasteiger partial charge on any atom is 0.0462 e. The van der Waals surface area contributed by atoms with E-state index in [4.69, 9.17) is 17.3 Å². The summed E-state index contributed by atoms with van der Waals surface area (Å²) in [6.07, 6.45) is 1.22. The highest BCUT2D eigenvalue weighted by Gasteiger charge is 2.03. The summed E-state index contributed by atoms with van der Waals surface area (Å²) in [6, 6.07) is 6.12. The van der Waals surface area contributed by atoms with Crippen molar-refractivity contribution in [2.75, 3.05) is 5.75 Å². The minimum absolute atomic E-state index is 0.509. The van der Waals surface area contributed by atoms with Crippen molar-refractivity contribution < 1.29 is 0 Å². The van der Waals surface area contributed by atoms with Gasteiger partial charge >= 0.3 is 0 Å². The molecule has 1 rings (SSSR count). The van der Waals surface area contributed by atoms with Crippen molar-refractivity contribution in [1.29, 1.82) is 0 Å². The number of hydrogen-bond acceptors (Lipinski definition) is 2. The van der Waals surface area contributed by atoms with Crippen LogP contribution in [0.1, 0.15) is 25.8 Å². The Morgan fingerprint density at radius 2 is 2.20 bits per heavy atom. The molecule has 0 aliphatic rings. The maximum absolute atomic E-state index is 6.09. The zero-order chi connectivity index (χ0) is 11.3. The summed E-state index contributed by atoms with van der Waals surface area (Å²) in [7, 11) is 0. The highest BCUT2D eigenvalue weighted by atomic mass is 35.5. The molecule has 1 unspecified atom stereocenters. The second-order valence-corrected chi connectivity index (χ2v) is 5.28. The fourth-order valence-electron chi connectivity index (χ4n) is 1.14. The van der Waals surface area contributed by atoms with Crippen molar-refractivity contribution in [2.45, 2.75) is 31.7 Å². The number of benzene rings is 1. The average molecular weight is 244 g/mol. The fraction of sp³-hybridized carbons (Fsp3) is 0.500. The minimum atomic E-state index is 0.509. The lowest BCUT2D eigenvalue weighted by molar-refractivity contribution is 0.637. The third kappa shape index (κ3) is 4.06. The predicted octanol–water partition coefficient (Wildman–Crippen LogP) is 3.94. The van der Waals surface area contributed by atoms with E-state index in [1.807, 2.05) is 23.9 Å². The maximum atomic E-state index is 6.09. The first-order valence-corrected chi connectivity index (χ1v) is 6.65. The van der Waals surface area contributed by atoms with Crippen LogP contribution in [-0.2, 0) is 6.54 Å². The van der Waals surface area contributed by atoms with E-state index in [9.17, 15) is 0 Å². The van der Waals surface area contributed by atoms with Crippen LogP contribution in [0.5, 0.6) is 0 Å². The number of halogens is 1. The molecule has 0 radical (unpaired) electrons. The summed E-state index contributed by atoms with van der Waals surface area (Å²) in [4.78, 5) is 1.23. The molecule has 0 heterocycles. The second-order valence-electron chi connectivity index (χ2n) is 3.78. The molecule has 0 aromatic heterocycles. The zero-order valence-electron chi connectivity index (χ0n) is 9.29. The van der Waals surface area contributed by atoms with Gasteiger partial charge in [-0.2, -0.15) is 0 Å². The Balaban J connectivity index is 2.59. The topological polar surface area (TPSA) is 26.0 Å². The van der Waals surface area contributed by atoms with Gasteiger partial charge in [0.05, 0.1) is 0 Å². The lowest BCUT2D eigenvalue weighted by atomic mass is 10.2. The number of thioether (sulfide) groups is 1. The van der Waals surface area contributed by atoms with E-state index in [1.165, 1.54) is 11.3 Å². The van der Waals surface area contributed by atoms with Crippen LogP contribution >= 0.6 is 23.4 Å². The molecule has 3 heteroatoms. The van der Waals surface area contributed by atoms with Crippen LogP contribution in [0.15, 0.2) is 23.1 Å². The van der Waals surface area contributed by atoms with E-state index in [-0.39, 0.29) is 0 Å². The van der Waals surface area contributed by atoms with Gasteiger partial charge in [0.15, 0.2) is 0 Å². The van der Waals surface area contributed by atoms with Crippen LogP contribution in [0.3, 0.4) is 0 Å². The van der Waals surface area contributed by atoms with Crippen LogP contribution in [0, 0.1) is 5.92 Å². The molecule has 0 aliphatic heterocycles.